The van der Waals surface area contributed by atoms with Gasteiger partial charge in [-0.1, -0.05) is 48.5 Å². The van der Waals surface area contributed by atoms with Crippen LogP contribution in [0, 0.1) is 0 Å². The summed E-state index contributed by atoms with van der Waals surface area (Å²) >= 11 is 0. The number of rotatable bonds is 5. The Kier molecular flexibility index (Phi) is 6.26. The number of anilines is 1. The van der Waals surface area contributed by atoms with Gasteiger partial charge < -0.3 is 5.32 Å². The smallest absolute Gasteiger partial charge is 0.321 e. The monoisotopic (exact) mass is 475 g/mol. The molecule has 3 aromatic carbocycles. The lowest BCUT2D eigenvalue weighted by Gasteiger charge is -2.15. The van der Waals surface area contributed by atoms with Crippen LogP contribution in [0.5, 0.6) is 0 Å². The Hall–Kier alpha value is -3.71. The highest BCUT2D eigenvalue weighted by atomic mass is 19.4. The van der Waals surface area contributed by atoms with E-state index in [0.29, 0.717) is 22.3 Å². The molecule has 178 valence electrons. The number of nitrogens with zero attached hydrogens (tertiary/aromatic N) is 2. The van der Waals surface area contributed by atoms with E-state index < -0.39 is 11.7 Å². The van der Waals surface area contributed by atoms with Gasteiger partial charge in [0, 0.05) is 23.2 Å². The van der Waals surface area contributed by atoms with Crippen LogP contribution in [0.15, 0.2) is 78.9 Å². The van der Waals surface area contributed by atoms with Crippen molar-refractivity contribution in [2.45, 2.75) is 25.6 Å². The Balaban J connectivity index is 1.42. The van der Waals surface area contributed by atoms with Crippen LogP contribution in [-0.4, -0.2) is 28.9 Å². The average molecular weight is 476 g/mol. The quantitative estimate of drug-likeness (QED) is 0.347. The molecule has 1 amide bonds. The van der Waals surface area contributed by atoms with Crippen LogP contribution in [0.2, 0.25) is 0 Å². The molecule has 5 rings (SSSR count). The summed E-state index contributed by atoms with van der Waals surface area (Å²) in [5.74, 6) is -0.371. The minimum atomic E-state index is -4.44. The van der Waals surface area contributed by atoms with Crippen molar-refractivity contribution in [1.29, 1.82) is 0 Å². The van der Waals surface area contributed by atoms with Crippen molar-refractivity contribution in [2.75, 3.05) is 18.4 Å². The van der Waals surface area contributed by atoms with Crippen LogP contribution >= 0.6 is 0 Å². The summed E-state index contributed by atoms with van der Waals surface area (Å²) in [7, 11) is 0. The van der Waals surface area contributed by atoms with Gasteiger partial charge in [-0.2, -0.15) is 13.2 Å². The van der Waals surface area contributed by atoms with E-state index >= 15 is 0 Å². The molecule has 0 atom stereocenters. The van der Waals surface area contributed by atoms with Gasteiger partial charge in [0.15, 0.2) is 0 Å². The second-order valence-electron chi connectivity index (χ2n) is 8.79. The number of aromatic nitrogens is 1. The molecule has 4 aromatic rings. The number of alkyl halides is 3. The van der Waals surface area contributed by atoms with Crippen LogP contribution in [0.1, 0.15) is 34.5 Å². The molecule has 0 spiro atoms. The van der Waals surface area contributed by atoms with Crippen molar-refractivity contribution < 1.29 is 18.0 Å². The molecule has 0 saturated carbocycles. The standard InChI is InChI=1S/C28H24F3N3O/c29-28(30,31)22-9-4-8-21(17-22)24-11-5-7-20-12-13-25(33-26(20)24)27(35)32-23-10-3-6-19(16-23)18-34-14-1-2-15-34/h3-13,16-17H,1-2,14-15,18H2,(H,32,35). The Bertz CT molecular complexity index is 1380. The van der Waals surface area contributed by atoms with Crippen molar-refractivity contribution in [3.8, 4) is 11.1 Å². The highest BCUT2D eigenvalue weighted by molar-refractivity contribution is 6.05. The predicted octanol–water partition coefficient (Wildman–Crippen LogP) is 6.77. The summed E-state index contributed by atoms with van der Waals surface area (Å²) < 4.78 is 39.7. The van der Waals surface area contributed by atoms with Crippen molar-refractivity contribution in [3.05, 3.63) is 95.7 Å². The lowest BCUT2D eigenvalue weighted by atomic mass is 9.99. The molecule has 1 N–H and O–H groups in total. The molecule has 1 aliphatic rings. The van der Waals surface area contributed by atoms with E-state index in [4.69, 9.17) is 0 Å². The molecular formula is C28H24F3N3O. The normalized spacial score (nSPS) is 14.4. The number of pyridine rings is 1. The largest absolute Gasteiger partial charge is 0.416 e. The number of para-hydroxylation sites is 1. The van der Waals surface area contributed by atoms with E-state index in [1.807, 2.05) is 30.3 Å². The average Bonchev–Trinajstić information content (AvgIpc) is 3.36. The first-order chi connectivity index (χ1) is 16.9. The van der Waals surface area contributed by atoms with Gasteiger partial charge in [-0.3, -0.25) is 9.69 Å². The molecule has 2 heterocycles. The molecule has 0 radical (unpaired) electrons. The van der Waals surface area contributed by atoms with Crippen LogP contribution in [-0.2, 0) is 12.7 Å². The fraction of sp³-hybridized carbons (Fsp3) is 0.214. The van der Waals surface area contributed by atoms with Gasteiger partial charge in [0.05, 0.1) is 11.1 Å². The van der Waals surface area contributed by atoms with Crippen LogP contribution in [0.25, 0.3) is 22.0 Å². The second-order valence-corrected chi connectivity index (χ2v) is 8.79. The summed E-state index contributed by atoms with van der Waals surface area (Å²) in [6.07, 6.45) is -2.01. The van der Waals surface area contributed by atoms with E-state index in [2.05, 4.69) is 15.2 Å². The number of carbonyl (C=O) groups is 1. The number of carbonyl (C=O) groups excluding carboxylic acids is 1. The molecule has 0 bridgehead atoms. The van der Waals surface area contributed by atoms with E-state index in [-0.39, 0.29) is 11.6 Å². The fourth-order valence-corrected chi connectivity index (χ4v) is 4.51. The minimum absolute atomic E-state index is 0.196. The maximum Gasteiger partial charge on any atom is 0.416 e. The fourth-order valence-electron chi connectivity index (χ4n) is 4.51. The first-order valence-corrected chi connectivity index (χ1v) is 11.6. The minimum Gasteiger partial charge on any atom is -0.321 e. The first-order valence-electron chi connectivity index (χ1n) is 11.6. The lowest BCUT2D eigenvalue weighted by molar-refractivity contribution is -0.137. The number of fused-ring (bicyclic) bond motifs is 1. The molecule has 0 unspecified atom stereocenters. The van der Waals surface area contributed by atoms with Gasteiger partial charge in [-0.15, -0.1) is 0 Å². The van der Waals surface area contributed by atoms with Crippen LogP contribution in [0.3, 0.4) is 0 Å². The molecule has 1 aromatic heterocycles. The number of hydrogen-bond acceptors (Lipinski definition) is 3. The zero-order valence-corrected chi connectivity index (χ0v) is 19.0. The van der Waals surface area contributed by atoms with Gasteiger partial charge in [-0.25, -0.2) is 4.98 Å². The molecule has 7 heteroatoms. The molecule has 1 saturated heterocycles. The van der Waals surface area contributed by atoms with Crippen molar-refractivity contribution in [1.82, 2.24) is 9.88 Å². The number of hydrogen-bond donors (Lipinski definition) is 1. The first kappa shape index (κ1) is 23.1. The van der Waals surface area contributed by atoms with E-state index in [1.54, 1.807) is 30.3 Å². The number of halogens is 3. The molecule has 4 nitrogen and oxygen atoms in total. The summed E-state index contributed by atoms with van der Waals surface area (Å²) in [5, 5.41) is 3.65. The van der Waals surface area contributed by atoms with Crippen molar-refractivity contribution in [3.63, 3.8) is 0 Å². The third kappa shape index (κ3) is 5.20. The Morgan fingerprint density at radius 2 is 1.69 bits per heavy atom. The number of likely N-dealkylation sites (tertiary alicyclic amines) is 1. The lowest BCUT2D eigenvalue weighted by Crippen LogP contribution is -2.18. The maximum absolute atomic E-state index is 13.2. The molecule has 0 aliphatic carbocycles. The van der Waals surface area contributed by atoms with Gasteiger partial charge in [0.2, 0.25) is 0 Å². The Morgan fingerprint density at radius 1 is 0.914 bits per heavy atom. The van der Waals surface area contributed by atoms with Crippen LogP contribution < -0.4 is 5.32 Å². The summed E-state index contributed by atoms with van der Waals surface area (Å²) in [4.78, 5) is 19.9. The van der Waals surface area contributed by atoms with E-state index in [0.717, 1.165) is 42.7 Å². The molecule has 1 aliphatic heterocycles. The predicted molar refractivity (Wildman–Crippen MR) is 131 cm³/mol. The van der Waals surface area contributed by atoms with Gasteiger partial charge in [-0.05, 0) is 67.4 Å². The number of benzene rings is 3. The zero-order chi connectivity index (χ0) is 24.4. The summed E-state index contributed by atoms with van der Waals surface area (Å²) in [6, 6.07) is 21.6. The zero-order valence-electron chi connectivity index (χ0n) is 19.0. The van der Waals surface area contributed by atoms with E-state index in [1.165, 1.54) is 18.9 Å². The van der Waals surface area contributed by atoms with Crippen molar-refractivity contribution in [2.24, 2.45) is 0 Å². The molecular weight excluding hydrogens is 451 g/mol. The van der Waals surface area contributed by atoms with Crippen LogP contribution in [0.4, 0.5) is 18.9 Å². The molecule has 1 fully saturated rings. The maximum atomic E-state index is 13.2. The van der Waals surface area contributed by atoms with E-state index in [9.17, 15) is 18.0 Å². The van der Waals surface area contributed by atoms with Crippen molar-refractivity contribution >= 4 is 22.5 Å². The van der Waals surface area contributed by atoms with Gasteiger partial charge in [0.1, 0.15) is 5.69 Å². The summed E-state index contributed by atoms with van der Waals surface area (Å²) in [6.45, 7) is 3.02. The molecule has 35 heavy (non-hydrogen) atoms. The third-order valence-corrected chi connectivity index (χ3v) is 6.24. The topological polar surface area (TPSA) is 45.2 Å². The Morgan fingerprint density at radius 3 is 2.49 bits per heavy atom. The van der Waals surface area contributed by atoms with Gasteiger partial charge >= 0.3 is 6.18 Å². The Labute approximate surface area is 201 Å². The SMILES string of the molecule is O=C(Nc1cccc(CN2CCCC2)c1)c1ccc2cccc(-c3cccc(C(F)(F)F)c3)c2n1. The third-order valence-electron chi connectivity index (χ3n) is 6.24. The van der Waals surface area contributed by atoms with Gasteiger partial charge in [0.25, 0.3) is 5.91 Å². The number of nitrogens with one attached hydrogen (secondary N) is 1. The number of amides is 1. The summed E-state index contributed by atoms with van der Waals surface area (Å²) in [5.41, 5.74) is 2.68. The highest BCUT2D eigenvalue weighted by Gasteiger charge is 2.30. The second kappa shape index (κ2) is 9.50. The highest BCUT2D eigenvalue weighted by Crippen LogP contribution is 2.34.